The van der Waals surface area contributed by atoms with Crippen molar-refractivity contribution in [3.63, 3.8) is 0 Å². The van der Waals surface area contributed by atoms with Gasteiger partial charge in [-0.2, -0.15) is 0 Å². The number of rotatable bonds is 2. The number of carbonyl (C=O) groups is 2. The number of nitrogens with zero attached hydrogens (tertiary/aromatic N) is 3. The molecule has 1 aliphatic rings. The van der Waals surface area contributed by atoms with Crippen LogP contribution < -0.4 is 0 Å². The van der Waals surface area contributed by atoms with E-state index in [1.165, 1.54) is 29.1 Å². The first-order chi connectivity index (χ1) is 8.50. The van der Waals surface area contributed by atoms with Gasteiger partial charge in [0.1, 0.15) is 11.7 Å². The minimum atomic E-state index is -0.986. The number of amides is 1. The summed E-state index contributed by atoms with van der Waals surface area (Å²) in [6, 6.07) is -0.791. The second-order valence-electron chi connectivity index (χ2n) is 4.04. The molecular formula is C11H13N3O3S. The number of aliphatic carboxylic acids is 1. The fourth-order valence-corrected chi connectivity index (χ4v) is 2.94. The number of aromatic nitrogens is 2. The molecule has 1 amide bonds. The summed E-state index contributed by atoms with van der Waals surface area (Å²) in [5, 5.41) is 8.93. The molecule has 1 aliphatic heterocycles. The lowest BCUT2D eigenvalue weighted by molar-refractivity contribution is -0.141. The average Bonchev–Trinajstić information content (AvgIpc) is 2.71. The van der Waals surface area contributed by atoms with Gasteiger partial charge in [-0.05, 0) is 13.8 Å². The van der Waals surface area contributed by atoms with Gasteiger partial charge in [0.05, 0.1) is 17.3 Å². The van der Waals surface area contributed by atoms with E-state index >= 15 is 0 Å². The SMILES string of the molecule is Cc1cnc(C(=O)N2C(C)SCC2C(=O)O)cn1. The van der Waals surface area contributed by atoms with E-state index in [-0.39, 0.29) is 17.0 Å². The fourth-order valence-electron chi connectivity index (χ4n) is 1.78. The van der Waals surface area contributed by atoms with Crippen LogP contribution in [-0.4, -0.2) is 49.0 Å². The number of carboxylic acids is 1. The van der Waals surface area contributed by atoms with Crippen molar-refractivity contribution in [2.24, 2.45) is 0 Å². The number of aryl methyl sites for hydroxylation is 1. The first-order valence-corrected chi connectivity index (χ1v) is 6.51. The van der Waals surface area contributed by atoms with E-state index in [1.807, 2.05) is 6.92 Å². The van der Waals surface area contributed by atoms with Crippen LogP contribution in [0.5, 0.6) is 0 Å². The highest BCUT2D eigenvalue weighted by Gasteiger charge is 2.40. The Kier molecular flexibility index (Phi) is 3.51. The van der Waals surface area contributed by atoms with Crippen molar-refractivity contribution >= 4 is 23.6 Å². The molecule has 0 aromatic carbocycles. The van der Waals surface area contributed by atoms with Crippen LogP contribution in [0.15, 0.2) is 12.4 Å². The minimum absolute atomic E-state index is 0.165. The molecule has 1 saturated heterocycles. The van der Waals surface area contributed by atoms with E-state index < -0.39 is 12.0 Å². The van der Waals surface area contributed by atoms with Crippen LogP contribution in [0.4, 0.5) is 0 Å². The van der Waals surface area contributed by atoms with Crippen LogP contribution in [0.2, 0.25) is 0 Å². The Labute approximate surface area is 108 Å². The van der Waals surface area contributed by atoms with E-state index in [2.05, 4.69) is 9.97 Å². The van der Waals surface area contributed by atoms with E-state index in [4.69, 9.17) is 5.11 Å². The predicted molar refractivity (Wildman–Crippen MR) is 66.3 cm³/mol. The summed E-state index contributed by atoms with van der Waals surface area (Å²) in [4.78, 5) is 32.7. The lowest BCUT2D eigenvalue weighted by atomic mass is 10.2. The number of carboxylic acid groups (broad SMARTS) is 1. The quantitative estimate of drug-likeness (QED) is 0.852. The maximum absolute atomic E-state index is 12.2. The summed E-state index contributed by atoms with van der Waals surface area (Å²) >= 11 is 1.44. The first-order valence-electron chi connectivity index (χ1n) is 5.46. The molecule has 1 N–H and O–H groups in total. The highest BCUT2D eigenvalue weighted by atomic mass is 32.2. The van der Waals surface area contributed by atoms with E-state index in [0.29, 0.717) is 11.4 Å². The Hall–Kier alpha value is -1.63. The molecular weight excluding hydrogens is 254 g/mol. The van der Waals surface area contributed by atoms with Gasteiger partial charge in [-0.15, -0.1) is 11.8 Å². The lowest BCUT2D eigenvalue weighted by Crippen LogP contribution is -2.45. The zero-order valence-electron chi connectivity index (χ0n) is 10.0. The van der Waals surface area contributed by atoms with E-state index in [0.717, 1.165) is 0 Å². The molecule has 0 spiro atoms. The van der Waals surface area contributed by atoms with Crippen molar-refractivity contribution in [3.8, 4) is 0 Å². The Morgan fingerprint density at radius 1 is 1.44 bits per heavy atom. The maximum atomic E-state index is 12.2. The molecule has 6 nitrogen and oxygen atoms in total. The van der Waals surface area contributed by atoms with Gasteiger partial charge >= 0.3 is 5.97 Å². The molecule has 96 valence electrons. The average molecular weight is 267 g/mol. The summed E-state index contributed by atoms with van der Waals surface area (Å²) in [5.41, 5.74) is 0.895. The van der Waals surface area contributed by atoms with Gasteiger partial charge in [0, 0.05) is 11.9 Å². The maximum Gasteiger partial charge on any atom is 0.327 e. The van der Waals surface area contributed by atoms with Crippen LogP contribution in [0.3, 0.4) is 0 Å². The van der Waals surface area contributed by atoms with Crippen molar-refractivity contribution in [1.29, 1.82) is 0 Å². The third-order valence-electron chi connectivity index (χ3n) is 2.74. The zero-order valence-corrected chi connectivity index (χ0v) is 10.8. The fraction of sp³-hybridized carbons (Fsp3) is 0.455. The summed E-state index contributed by atoms with van der Waals surface area (Å²) in [6.45, 7) is 3.59. The van der Waals surface area contributed by atoms with Crippen LogP contribution >= 0.6 is 11.8 Å². The molecule has 2 atom stereocenters. The number of thioether (sulfide) groups is 1. The summed E-state index contributed by atoms with van der Waals surface area (Å²) in [7, 11) is 0. The highest BCUT2D eigenvalue weighted by molar-refractivity contribution is 8.00. The van der Waals surface area contributed by atoms with Gasteiger partial charge in [0.15, 0.2) is 0 Å². The monoisotopic (exact) mass is 267 g/mol. The van der Waals surface area contributed by atoms with Gasteiger partial charge in [-0.25, -0.2) is 9.78 Å². The van der Waals surface area contributed by atoms with Gasteiger partial charge in [0.25, 0.3) is 5.91 Å². The second-order valence-corrected chi connectivity index (χ2v) is 5.39. The molecule has 1 aromatic heterocycles. The van der Waals surface area contributed by atoms with Gasteiger partial charge in [-0.1, -0.05) is 0 Å². The van der Waals surface area contributed by atoms with Crippen LogP contribution in [0.1, 0.15) is 23.1 Å². The standard InChI is InChI=1S/C11H13N3O3S/c1-6-3-13-8(4-12-6)10(15)14-7(2)18-5-9(14)11(16)17/h3-4,7,9H,5H2,1-2H3,(H,16,17). The molecule has 18 heavy (non-hydrogen) atoms. The Bertz CT molecular complexity index is 477. The van der Waals surface area contributed by atoms with Crippen molar-refractivity contribution < 1.29 is 14.7 Å². The smallest absolute Gasteiger partial charge is 0.327 e. The number of carbonyl (C=O) groups excluding carboxylic acids is 1. The van der Waals surface area contributed by atoms with Crippen molar-refractivity contribution in [2.45, 2.75) is 25.3 Å². The normalized spacial score (nSPS) is 23.1. The van der Waals surface area contributed by atoms with E-state index in [9.17, 15) is 9.59 Å². The van der Waals surface area contributed by atoms with Crippen molar-refractivity contribution in [2.75, 3.05) is 5.75 Å². The molecule has 0 bridgehead atoms. The van der Waals surface area contributed by atoms with Crippen LogP contribution in [0, 0.1) is 6.92 Å². The Morgan fingerprint density at radius 3 is 2.72 bits per heavy atom. The molecule has 2 heterocycles. The van der Waals surface area contributed by atoms with Crippen molar-refractivity contribution in [1.82, 2.24) is 14.9 Å². The minimum Gasteiger partial charge on any atom is -0.480 e. The summed E-state index contributed by atoms with van der Waals surface area (Å²) in [5.74, 6) is -0.964. The summed E-state index contributed by atoms with van der Waals surface area (Å²) < 4.78 is 0. The largest absolute Gasteiger partial charge is 0.480 e. The first kappa shape index (κ1) is 12.8. The highest BCUT2D eigenvalue weighted by Crippen LogP contribution is 2.29. The van der Waals surface area contributed by atoms with Crippen LogP contribution in [0.25, 0.3) is 0 Å². The number of hydrogen-bond acceptors (Lipinski definition) is 5. The Balaban J connectivity index is 2.26. The third-order valence-corrected chi connectivity index (χ3v) is 3.96. The predicted octanol–water partition coefficient (Wildman–Crippen LogP) is 0.773. The topological polar surface area (TPSA) is 83.4 Å². The molecule has 0 aliphatic carbocycles. The lowest BCUT2D eigenvalue weighted by Gasteiger charge is -2.24. The molecule has 0 radical (unpaired) electrons. The molecule has 2 rings (SSSR count). The van der Waals surface area contributed by atoms with Crippen LogP contribution in [-0.2, 0) is 4.79 Å². The van der Waals surface area contributed by atoms with Gasteiger partial charge < -0.3 is 10.0 Å². The molecule has 2 unspecified atom stereocenters. The second kappa shape index (κ2) is 4.93. The molecule has 0 saturated carbocycles. The van der Waals surface area contributed by atoms with E-state index in [1.54, 1.807) is 6.92 Å². The summed E-state index contributed by atoms with van der Waals surface area (Å²) in [6.07, 6.45) is 2.88. The number of hydrogen-bond donors (Lipinski definition) is 1. The van der Waals surface area contributed by atoms with Gasteiger partial charge in [-0.3, -0.25) is 9.78 Å². The zero-order chi connectivity index (χ0) is 13.3. The third kappa shape index (κ3) is 2.31. The molecule has 1 fully saturated rings. The molecule has 7 heteroatoms. The molecule has 1 aromatic rings. The van der Waals surface area contributed by atoms with Gasteiger partial charge in [0.2, 0.25) is 0 Å². The Morgan fingerprint density at radius 2 is 2.17 bits per heavy atom. The van der Waals surface area contributed by atoms with Crippen molar-refractivity contribution in [3.05, 3.63) is 23.8 Å².